The Kier molecular flexibility index (Phi) is 0.986. The number of benzene rings is 1. The average molecular weight is 145 g/mol. The Morgan fingerprint density at radius 1 is 1.45 bits per heavy atom. The first-order valence-corrected chi connectivity index (χ1v) is 3.07. The number of esters is 1. The molecule has 0 atom stereocenters. The minimum atomic E-state index is -0.350. The quantitative estimate of drug-likeness (QED) is 0.513. The van der Waals surface area contributed by atoms with Crippen molar-refractivity contribution in [3.63, 3.8) is 0 Å². The number of nitrogens with zero attached hydrogens (tertiary/aromatic N) is 1. The van der Waals surface area contributed by atoms with Gasteiger partial charge in [0.1, 0.15) is 11.3 Å². The topological polar surface area (TPSA) is 50.1 Å². The molecule has 0 aromatic heterocycles. The van der Waals surface area contributed by atoms with E-state index in [9.17, 15) is 4.79 Å². The van der Waals surface area contributed by atoms with Gasteiger partial charge in [-0.1, -0.05) is 0 Å². The molecule has 0 radical (unpaired) electrons. The monoisotopic (exact) mass is 145 g/mol. The van der Waals surface area contributed by atoms with Gasteiger partial charge in [-0.15, -0.1) is 0 Å². The van der Waals surface area contributed by atoms with Crippen LogP contribution in [0.5, 0.6) is 5.75 Å². The van der Waals surface area contributed by atoms with E-state index in [1.54, 1.807) is 12.1 Å². The van der Waals surface area contributed by atoms with E-state index in [2.05, 4.69) is 4.74 Å². The summed E-state index contributed by atoms with van der Waals surface area (Å²) in [5.41, 5.74) is 0.990. The van der Waals surface area contributed by atoms with Crippen molar-refractivity contribution < 1.29 is 9.53 Å². The Morgan fingerprint density at radius 2 is 2.27 bits per heavy atom. The molecule has 1 aliphatic rings. The van der Waals surface area contributed by atoms with Gasteiger partial charge in [-0.2, -0.15) is 5.26 Å². The van der Waals surface area contributed by atoms with Crippen molar-refractivity contribution in [2.24, 2.45) is 0 Å². The standard InChI is InChI=1S/C8H3NO2/c9-4-5-1-2-7-6(3-5)8(10)11-7/h1-3H. The molecule has 3 nitrogen and oxygen atoms in total. The summed E-state index contributed by atoms with van der Waals surface area (Å²) in [6, 6.07) is 6.71. The lowest BCUT2D eigenvalue weighted by atomic mass is 10.1. The Morgan fingerprint density at radius 3 is 2.91 bits per heavy atom. The lowest BCUT2D eigenvalue weighted by molar-refractivity contribution is 0.0658. The highest BCUT2D eigenvalue weighted by Crippen LogP contribution is 2.28. The van der Waals surface area contributed by atoms with Crippen LogP contribution in [0, 0.1) is 11.3 Å². The fourth-order valence-corrected chi connectivity index (χ4v) is 0.957. The van der Waals surface area contributed by atoms with E-state index in [1.807, 2.05) is 6.07 Å². The second-order valence-electron chi connectivity index (χ2n) is 2.21. The highest BCUT2D eigenvalue weighted by molar-refractivity contribution is 6.01. The molecule has 1 aromatic rings. The van der Waals surface area contributed by atoms with Crippen LogP contribution in [0.2, 0.25) is 0 Å². The second kappa shape index (κ2) is 1.83. The molecular formula is C8H3NO2. The minimum absolute atomic E-state index is 0.350. The summed E-state index contributed by atoms with van der Waals surface area (Å²) >= 11 is 0. The number of nitriles is 1. The molecule has 1 heterocycles. The first-order chi connectivity index (χ1) is 5.31. The van der Waals surface area contributed by atoms with Crippen LogP contribution in [-0.4, -0.2) is 5.97 Å². The van der Waals surface area contributed by atoms with Crippen LogP contribution in [0.3, 0.4) is 0 Å². The third kappa shape index (κ3) is 0.696. The number of carbonyl (C=O) groups is 1. The van der Waals surface area contributed by atoms with Crippen LogP contribution in [0.25, 0.3) is 0 Å². The molecule has 0 bridgehead atoms. The van der Waals surface area contributed by atoms with Crippen molar-refractivity contribution in [3.8, 4) is 11.8 Å². The molecule has 0 saturated heterocycles. The first-order valence-electron chi connectivity index (χ1n) is 3.07. The van der Waals surface area contributed by atoms with E-state index in [-0.39, 0.29) is 5.97 Å². The molecule has 1 aliphatic heterocycles. The number of fused-ring (bicyclic) bond motifs is 1. The van der Waals surface area contributed by atoms with Crippen molar-refractivity contribution in [2.75, 3.05) is 0 Å². The molecular weight excluding hydrogens is 142 g/mol. The molecule has 0 N–H and O–H groups in total. The number of hydrogen-bond acceptors (Lipinski definition) is 3. The first kappa shape index (κ1) is 5.93. The Labute approximate surface area is 62.8 Å². The molecule has 52 valence electrons. The maximum absolute atomic E-state index is 10.7. The summed E-state index contributed by atoms with van der Waals surface area (Å²) in [5.74, 6) is 0.214. The third-order valence-corrected chi connectivity index (χ3v) is 1.53. The van der Waals surface area contributed by atoms with Crippen molar-refractivity contribution in [2.45, 2.75) is 0 Å². The molecule has 1 aromatic carbocycles. The Balaban J connectivity index is 2.59. The molecule has 0 saturated carbocycles. The lowest BCUT2D eigenvalue weighted by Gasteiger charge is -2.16. The van der Waals surface area contributed by atoms with Crippen molar-refractivity contribution in [3.05, 3.63) is 29.3 Å². The number of rotatable bonds is 0. The SMILES string of the molecule is N#Cc1ccc2c(c1)C(=O)O2. The fourth-order valence-electron chi connectivity index (χ4n) is 0.957. The zero-order chi connectivity index (χ0) is 7.84. The molecule has 0 spiro atoms. The number of carbonyl (C=O) groups excluding carboxylic acids is 1. The van der Waals surface area contributed by atoms with Gasteiger partial charge in [0, 0.05) is 0 Å². The van der Waals surface area contributed by atoms with E-state index >= 15 is 0 Å². The third-order valence-electron chi connectivity index (χ3n) is 1.53. The zero-order valence-corrected chi connectivity index (χ0v) is 5.50. The minimum Gasteiger partial charge on any atom is -0.422 e. The summed E-state index contributed by atoms with van der Waals surface area (Å²) in [4.78, 5) is 10.7. The zero-order valence-electron chi connectivity index (χ0n) is 5.50. The molecule has 2 rings (SSSR count). The highest BCUT2D eigenvalue weighted by atomic mass is 16.6. The highest BCUT2D eigenvalue weighted by Gasteiger charge is 2.25. The maximum atomic E-state index is 10.7. The summed E-state index contributed by atoms with van der Waals surface area (Å²) in [6.07, 6.45) is 0. The van der Waals surface area contributed by atoms with Crippen molar-refractivity contribution >= 4 is 5.97 Å². The largest absolute Gasteiger partial charge is 0.422 e. The second-order valence-corrected chi connectivity index (χ2v) is 2.21. The van der Waals surface area contributed by atoms with Gasteiger partial charge in [0.15, 0.2) is 0 Å². The van der Waals surface area contributed by atoms with Gasteiger partial charge in [-0.05, 0) is 18.2 Å². The molecule has 0 aliphatic carbocycles. The van der Waals surface area contributed by atoms with Crippen LogP contribution in [0.15, 0.2) is 18.2 Å². The normalized spacial score (nSPS) is 12.5. The van der Waals surface area contributed by atoms with Gasteiger partial charge in [0.25, 0.3) is 0 Å². The predicted molar refractivity (Wildman–Crippen MR) is 36.1 cm³/mol. The van der Waals surface area contributed by atoms with E-state index in [1.165, 1.54) is 6.07 Å². The predicted octanol–water partition coefficient (Wildman–Crippen LogP) is 1.09. The summed E-state index contributed by atoms with van der Waals surface area (Å²) in [5, 5.41) is 8.46. The maximum Gasteiger partial charge on any atom is 0.347 e. The van der Waals surface area contributed by atoms with Gasteiger partial charge in [-0.3, -0.25) is 0 Å². The van der Waals surface area contributed by atoms with Crippen LogP contribution < -0.4 is 4.74 Å². The molecule has 0 unspecified atom stereocenters. The van der Waals surface area contributed by atoms with Crippen molar-refractivity contribution in [1.82, 2.24) is 0 Å². The molecule has 3 heteroatoms. The van der Waals surface area contributed by atoms with Gasteiger partial charge in [0.05, 0.1) is 11.6 Å². The smallest absolute Gasteiger partial charge is 0.347 e. The Hall–Kier alpha value is -1.82. The van der Waals surface area contributed by atoms with E-state index in [4.69, 9.17) is 5.26 Å². The summed E-state index contributed by atoms with van der Waals surface area (Å²) in [6.45, 7) is 0. The lowest BCUT2D eigenvalue weighted by Crippen LogP contribution is -2.20. The van der Waals surface area contributed by atoms with Crippen LogP contribution >= 0.6 is 0 Å². The van der Waals surface area contributed by atoms with Crippen molar-refractivity contribution in [1.29, 1.82) is 5.26 Å². The van der Waals surface area contributed by atoms with Gasteiger partial charge in [-0.25, -0.2) is 4.79 Å². The number of ether oxygens (including phenoxy) is 1. The van der Waals surface area contributed by atoms with E-state index in [0.717, 1.165) is 0 Å². The Bertz CT molecular complexity index is 376. The van der Waals surface area contributed by atoms with Crippen LogP contribution in [0.4, 0.5) is 0 Å². The summed E-state index contributed by atoms with van der Waals surface area (Å²) in [7, 11) is 0. The van der Waals surface area contributed by atoms with Crippen LogP contribution in [-0.2, 0) is 0 Å². The van der Waals surface area contributed by atoms with Gasteiger partial charge >= 0.3 is 5.97 Å². The molecule has 0 amide bonds. The van der Waals surface area contributed by atoms with Gasteiger partial charge < -0.3 is 4.74 Å². The van der Waals surface area contributed by atoms with E-state index in [0.29, 0.717) is 16.9 Å². The average Bonchev–Trinajstić information content (AvgIpc) is 2.03. The summed E-state index contributed by atoms with van der Waals surface area (Å²) < 4.78 is 4.64. The molecule has 0 fully saturated rings. The molecule has 11 heavy (non-hydrogen) atoms. The van der Waals surface area contributed by atoms with Gasteiger partial charge in [0.2, 0.25) is 0 Å². The number of hydrogen-bond donors (Lipinski definition) is 0. The van der Waals surface area contributed by atoms with E-state index < -0.39 is 0 Å². The van der Waals surface area contributed by atoms with Crippen LogP contribution in [0.1, 0.15) is 15.9 Å². The fraction of sp³-hybridized carbons (Fsp3) is 0.